The van der Waals surface area contributed by atoms with E-state index in [1.807, 2.05) is 13.0 Å². The number of aryl methyl sites for hydroxylation is 1. The van der Waals surface area contributed by atoms with Gasteiger partial charge in [-0.1, -0.05) is 57.5 Å². The molecular formula is C58H68FN9O12. The molecule has 3 aliphatic heterocycles. The number of fused-ring (bicyclic) bond motifs is 5. The summed E-state index contributed by atoms with van der Waals surface area (Å²) in [5.74, 6) is -5.27. The van der Waals surface area contributed by atoms with Gasteiger partial charge in [0.1, 0.15) is 30.8 Å². The Hall–Kier alpha value is -7.88. The zero-order chi connectivity index (χ0) is 57.0. The van der Waals surface area contributed by atoms with E-state index in [4.69, 9.17) is 14.5 Å². The number of amides is 8. The molecule has 1 saturated carbocycles. The van der Waals surface area contributed by atoms with Crippen LogP contribution in [0.3, 0.4) is 0 Å². The molecule has 4 aromatic rings. The highest BCUT2D eigenvalue weighted by atomic mass is 19.1. The number of nitrogens with zero attached hydrogens (tertiary/aromatic N) is 3. The minimum atomic E-state index is -1.32. The molecule has 2 aromatic heterocycles. The van der Waals surface area contributed by atoms with Crippen LogP contribution in [0.5, 0.6) is 0 Å². The van der Waals surface area contributed by atoms with Gasteiger partial charge in [0.15, 0.2) is 0 Å². The Balaban J connectivity index is 0.773. The van der Waals surface area contributed by atoms with Crippen molar-refractivity contribution >= 4 is 64.1 Å². The molecule has 8 amide bonds. The molecule has 3 unspecified atom stereocenters. The Bertz CT molecular complexity index is 3240. The smallest absolute Gasteiger partial charge is 0.313 e. The quantitative estimate of drug-likeness (QED) is 0.0251. The number of hydrogen-bond acceptors (Lipinski definition) is 13. The van der Waals surface area contributed by atoms with Crippen LogP contribution < -0.4 is 37.5 Å². The fraction of sp³-hybridized carbons (Fsp3) is 0.500. The summed E-state index contributed by atoms with van der Waals surface area (Å²) in [6.07, 6.45) is 5.33. The van der Waals surface area contributed by atoms with E-state index in [1.54, 1.807) is 55.7 Å². The molecule has 5 heterocycles. The number of aromatic nitrogens is 2. The molecule has 0 spiro atoms. The molecule has 21 nitrogen and oxygen atoms in total. The molecule has 6 N–H and O–H groups in total. The van der Waals surface area contributed by atoms with Gasteiger partial charge in [0.2, 0.25) is 41.4 Å². The molecule has 9 rings (SSSR count). The lowest BCUT2D eigenvalue weighted by Crippen LogP contribution is -2.53. The number of imide groups is 1. The minimum absolute atomic E-state index is 0.0502. The number of hydrogen-bond donors (Lipinski definition) is 6. The monoisotopic (exact) mass is 1100 g/mol. The molecule has 5 aliphatic rings. The van der Waals surface area contributed by atoms with E-state index in [-0.39, 0.29) is 69.0 Å². The Morgan fingerprint density at radius 2 is 1.57 bits per heavy atom. The van der Waals surface area contributed by atoms with Crippen molar-refractivity contribution in [1.29, 1.82) is 0 Å². The number of rotatable bonds is 22. The zero-order valence-electron chi connectivity index (χ0n) is 45.5. The van der Waals surface area contributed by atoms with Gasteiger partial charge in [-0.15, -0.1) is 0 Å². The number of pyridine rings is 2. The van der Waals surface area contributed by atoms with Crippen molar-refractivity contribution in [1.82, 2.24) is 46.4 Å². The first-order chi connectivity index (χ1) is 38.3. The van der Waals surface area contributed by atoms with Crippen molar-refractivity contribution in [3.63, 3.8) is 0 Å². The van der Waals surface area contributed by atoms with Gasteiger partial charge >= 0.3 is 5.97 Å². The van der Waals surface area contributed by atoms with Gasteiger partial charge in [-0.25, -0.2) is 9.37 Å². The van der Waals surface area contributed by atoms with Gasteiger partial charge in [-0.3, -0.25) is 52.8 Å². The van der Waals surface area contributed by atoms with Crippen LogP contribution in [0.4, 0.5) is 4.39 Å². The number of carbonyl (C=O) groups excluding carboxylic acids is 9. The number of halogens is 1. The third-order valence-corrected chi connectivity index (χ3v) is 16.2. The van der Waals surface area contributed by atoms with E-state index < -0.39 is 90.0 Å². The second-order valence-corrected chi connectivity index (χ2v) is 22.1. The lowest BCUT2D eigenvalue weighted by molar-refractivity contribution is -0.150. The number of ether oxygens (including phenoxy) is 2. The number of benzene rings is 2. The molecule has 1 saturated heterocycles. The molecular weight excluding hydrogens is 1030 g/mol. The maximum Gasteiger partial charge on any atom is 0.313 e. The lowest BCUT2D eigenvalue weighted by Gasteiger charge is -2.34. The lowest BCUT2D eigenvalue weighted by atomic mass is 9.81. The van der Waals surface area contributed by atoms with Crippen LogP contribution in [0.2, 0.25) is 0 Å². The minimum Gasteiger partial charge on any atom is -0.460 e. The van der Waals surface area contributed by atoms with Gasteiger partial charge in [-0.05, 0) is 98.6 Å². The van der Waals surface area contributed by atoms with Crippen molar-refractivity contribution in [2.24, 2.45) is 5.41 Å². The molecule has 0 bridgehead atoms. The van der Waals surface area contributed by atoms with E-state index in [1.165, 1.54) is 11.0 Å². The average Bonchev–Trinajstić information content (AvgIpc) is 4.13. The summed E-state index contributed by atoms with van der Waals surface area (Å²) in [6, 6.07) is 10.3. The average molecular weight is 1100 g/mol. The fourth-order valence-corrected chi connectivity index (χ4v) is 11.8. The normalized spacial score (nSPS) is 18.6. The van der Waals surface area contributed by atoms with Gasteiger partial charge in [0.05, 0.1) is 66.0 Å². The maximum atomic E-state index is 15.6. The number of esters is 1. The van der Waals surface area contributed by atoms with Crippen LogP contribution in [0, 0.1) is 18.2 Å². The molecule has 2 aliphatic carbocycles. The second kappa shape index (κ2) is 23.8. The van der Waals surface area contributed by atoms with Crippen molar-refractivity contribution in [3.05, 3.63) is 97.6 Å². The fourth-order valence-electron chi connectivity index (χ4n) is 11.8. The first-order valence-corrected chi connectivity index (χ1v) is 27.6. The van der Waals surface area contributed by atoms with Crippen LogP contribution in [-0.4, -0.2) is 112 Å². The van der Waals surface area contributed by atoms with Crippen LogP contribution in [0.15, 0.2) is 47.3 Å². The topological polar surface area (TPSA) is 282 Å². The van der Waals surface area contributed by atoms with Crippen molar-refractivity contribution in [3.8, 4) is 11.4 Å². The Morgan fingerprint density at radius 1 is 0.863 bits per heavy atom. The van der Waals surface area contributed by atoms with Crippen LogP contribution in [-0.2, 0) is 78.6 Å². The summed E-state index contributed by atoms with van der Waals surface area (Å²) in [7, 11) is 0. The second-order valence-electron chi connectivity index (χ2n) is 22.1. The SMILES string of the molecule is CCC1C(=O)OCc2c1cc1n(c2=O)Cc2c-1nc1cc(F)c(C)c3c1c2C(NC(=O)C1(OCNC(=O)CNC(=O)C(Cc2ccccc2)NC(=O)CNC(=O)CNC(=O)CCCCCN2C(=O)CC(C)(C)C2=O)CCCC1)CC3. The molecule has 80 heavy (non-hydrogen) atoms. The third-order valence-electron chi connectivity index (χ3n) is 16.2. The summed E-state index contributed by atoms with van der Waals surface area (Å²) in [6.45, 7) is 5.56. The summed E-state index contributed by atoms with van der Waals surface area (Å²) < 4.78 is 28.8. The highest BCUT2D eigenvalue weighted by molar-refractivity contribution is 6.05. The highest BCUT2D eigenvalue weighted by Crippen LogP contribution is 2.46. The van der Waals surface area contributed by atoms with E-state index in [0.29, 0.717) is 103 Å². The third kappa shape index (κ3) is 11.9. The van der Waals surface area contributed by atoms with Gasteiger partial charge in [0.25, 0.3) is 11.5 Å². The number of nitrogens with one attached hydrogen (secondary N) is 6. The van der Waals surface area contributed by atoms with Crippen molar-refractivity contribution < 1.29 is 57.0 Å². The van der Waals surface area contributed by atoms with Gasteiger partial charge in [0, 0.05) is 42.8 Å². The number of likely N-dealkylation sites (tertiary alicyclic amines) is 1. The molecule has 2 fully saturated rings. The largest absolute Gasteiger partial charge is 0.460 e. The molecule has 22 heteroatoms. The zero-order valence-corrected chi connectivity index (χ0v) is 45.5. The van der Waals surface area contributed by atoms with E-state index >= 15 is 4.39 Å². The Morgan fingerprint density at radius 3 is 2.30 bits per heavy atom. The molecule has 0 radical (unpaired) electrons. The first kappa shape index (κ1) is 56.8. The summed E-state index contributed by atoms with van der Waals surface area (Å²) in [5.41, 5.74) is 3.49. The van der Waals surface area contributed by atoms with Crippen molar-refractivity contribution in [2.45, 2.75) is 148 Å². The van der Waals surface area contributed by atoms with E-state index in [2.05, 4.69) is 31.9 Å². The molecule has 424 valence electrons. The summed E-state index contributed by atoms with van der Waals surface area (Å²) in [4.78, 5) is 137. The molecule has 2 aromatic carbocycles. The first-order valence-electron chi connectivity index (χ1n) is 27.6. The van der Waals surface area contributed by atoms with Gasteiger partial charge < -0.3 is 45.9 Å². The number of cyclic esters (lactones) is 1. The van der Waals surface area contributed by atoms with E-state index in [9.17, 15) is 47.9 Å². The van der Waals surface area contributed by atoms with Crippen LogP contribution in [0.25, 0.3) is 22.3 Å². The molecule has 3 atom stereocenters. The number of unbranched alkanes of at least 4 members (excludes halogenated alkanes) is 2. The van der Waals surface area contributed by atoms with E-state index in [0.717, 1.165) is 22.1 Å². The standard InChI is InChI=1S/C58H68FN9O12/c1-5-34-36-23-43-51-37(29-68(43)53(75)38(36)30-79-54(34)76)50-40(18-17-35-32(2)39(59)24-41(65-51)49(35)50)66-55(77)58(19-11-12-20-58)80-31-63-46(71)27-62-52(74)42(22-33-14-8-6-9-15-33)64-47(72)28-61-45(70)26-60-44(69)16-10-7-13-21-67-48(73)25-57(3,4)56(67)78/h6,8-9,14-15,23-24,34,40,42H,5,7,10-13,16-22,25-31H2,1-4H3,(H,60,69)(H,61,70)(H,62,74)(H,63,71)(H,64,72)(H,66,77). The summed E-state index contributed by atoms with van der Waals surface area (Å²) >= 11 is 0. The summed E-state index contributed by atoms with van der Waals surface area (Å²) in [5, 5.41) is 16.7. The van der Waals surface area contributed by atoms with Crippen LogP contribution >= 0.6 is 0 Å². The predicted molar refractivity (Wildman–Crippen MR) is 287 cm³/mol. The van der Waals surface area contributed by atoms with Crippen molar-refractivity contribution in [2.75, 3.05) is 32.9 Å². The Labute approximate surface area is 461 Å². The highest BCUT2D eigenvalue weighted by Gasteiger charge is 2.46. The van der Waals surface area contributed by atoms with Gasteiger partial charge in [-0.2, -0.15) is 0 Å². The number of carbonyl (C=O) groups is 9. The Kier molecular flexibility index (Phi) is 16.9. The maximum absolute atomic E-state index is 15.6. The van der Waals surface area contributed by atoms with Crippen LogP contribution in [0.1, 0.15) is 142 Å². The predicted octanol–water partition coefficient (Wildman–Crippen LogP) is 3.35.